The zero-order valence-electron chi connectivity index (χ0n) is 19.2. The maximum Gasteiger partial charge on any atom is 0.326 e. The summed E-state index contributed by atoms with van der Waals surface area (Å²) in [7, 11) is 0. The van der Waals surface area contributed by atoms with E-state index in [2.05, 4.69) is 5.10 Å². The summed E-state index contributed by atoms with van der Waals surface area (Å²) in [6, 6.07) is 12.9. The molecule has 0 saturated heterocycles. The number of hydrogen-bond donors (Lipinski definition) is 0. The number of nitrogens with zero attached hydrogens (tertiary/aromatic N) is 4. The summed E-state index contributed by atoms with van der Waals surface area (Å²) in [5, 5.41) is 18.2. The molecule has 0 N–H and O–H groups in total. The van der Waals surface area contributed by atoms with E-state index in [1.165, 1.54) is 9.58 Å². The zero-order valence-corrected chi connectivity index (χ0v) is 19.2. The van der Waals surface area contributed by atoms with Gasteiger partial charge in [-0.2, -0.15) is 9.67 Å². The van der Waals surface area contributed by atoms with Crippen molar-refractivity contribution >= 4 is 23.1 Å². The van der Waals surface area contributed by atoms with Crippen LogP contribution in [0.2, 0.25) is 0 Å². The molecule has 2 aromatic heterocycles. The molecule has 1 aliphatic heterocycles. The minimum Gasteiger partial charge on any atom is -0.858 e. The smallest absolute Gasteiger partial charge is 0.326 e. The van der Waals surface area contributed by atoms with Crippen LogP contribution in [0.5, 0.6) is 5.88 Å². The first kappa shape index (κ1) is 22.5. The Morgan fingerprint density at radius 3 is 2.39 bits per heavy atom. The maximum atomic E-state index is 13.6. The quantitative estimate of drug-likeness (QED) is 0.395. The van der Waals surface area contributed by atoms with Crippen molar-refractivity contribution < 1.29 is 19.3 Å². The number of pyridine rings is 1. The van der Waals surface area contributed by atoms with Crippen molar-refractivity contribution in [1.29, 1.82) is 0 Å². The van der Waals surface area contributed by atoms with Gasteiger partial charge in [-0.15, -0.1) is 0 Å². The van der Waals surface area contributed by atoms with E-state index < -0.39 is 5.91 Å². The first-order valence-electron chi connectivity index (χ1n) is 11.5. The molecule has 33 heavy (non-hydrogen) atoms. The second-order valence-corrected chi connectivity index (χ2v) is 8.08. The Bertz CT molecular complexity index is 1230. The first-order valence-corrected chi connectivity index (χ1v) is 11.5. The Labute approximate surface area is 193 Å². The molecule has 3 heterocycles. The Balaban J connectivity index is 2.00. The molecule has 7 heteroatoms. The molecule has 1 aliphatic rings. The van der Waals surface area contributed by atoms with Gasteiger partial charge in [-0.05, 0) is 43.3 Å². The first-order chi connectivity index (χ1) is 16.0. The summed E-state index contributed by atoms with van der Waals surface area (Å²) in [5.74, 6) is -1.21. The molecule has 0 unspecified atom stereocenters. The van der Waals surface area contributed by atoms with Crippen molar-refractivity contribution in [2.45, 2.75) is 46.5 Å². The van der Waals surface area contributed by atoms with Crippen LogP contribution in [-0.4, -0.2) is 33.0 Å². The van der Waals surface area contributed by atoms with Crippen LogP contribution in [0.4, 0.5) is 0 Å². The van der Waals surface area contributed by atoms with Gasteiger partial charge in [0.25, 0.3) is 11.6 Å². The molecular formula is C26H28N4O3. The van der Waals surface area contributed by atoms with Crippen molar-refractivity contribution in [2.24, 2.45) is 0 Å². The molecule has 1 aromatic carbocycles. The minimum atomic E-state index is -0.437. The number of aromatic nitrogens is 3. The summed E-state index contributed by atoms with van der Waals surface area (Å²) in [6.07, 6.45) is 6.29. The van der Waals surface area contributed by atoms with Gasteiger partial charge < -0.3 is 5.11 Å². The highest BCUT2D eigenvalue weighted by Crippen LogP contribution is 2.37. The molecule has 0 saturated carbocycles. The molecule has 0 aliphatic carbocycles. The predicted molar refractivity (Wildman–Crippen MR) is 123 cm³/mol. The Kier molecular flexibility index (Phi) is 6.40. The zero-order chi connectivity index (χ0) is 23.5. The van der Waals surface area contributed by atoms with Crippen molar-refractivity contribution in [3.05, 3.63) is 71.7 Å². The van der Waals surface area contributed by atoms with E-state index in [1.807, 2.05) is 57.3 Å². The lowest BCUT2D eigenvalue weighted by Crippen LogP contribution is -2.40. The summed E-state index contributed by atoms with van der Waals surface area (Å²) in [4.78, 5) is 28.2. The van der Waals surface area contributed by atoms with Gasteiger partial charge in [-0.3, -0.25) is 14.5 Å². The molecule has 0 atom stereocenters. The van der Waals surface area contributed by atoms with E-state index in [4.69, 9.17) is 0 Å². The fourth-order valence-corrected chi connectivity index (χ4v) is 4.18. The van der Waals surface area contributed by atoms with E-state index in [0.717, 1.165) is 18.4 Å². The maximum absolute atomic E-state index is 13.6. The van der Waals surface area contributed by atoms with E-state index in [1.54, 1.807) is 22.9 Å². The summed E-state index contributed by atoms with van der Waals surface area (Å²) in [5.41, 5.74) is 2.76. The molecule has 0 radical (unpaired) electrons. The van der Waals surface area contributed by atoms with E-state index in [-0.39, 0.29) is 28.6 Å². The number of carbonyl (C=O) groups excluding carboxylic acids is 2. The van der Waals surface area contributed by atoms with Crippen molar-refractivity contribution in [3.63, 3.8) is 0 Å². The van der Waals surface area contributed by atoms with Crippen LogP contribution in [0.15, 0.2) is 54.9 Å². The molecule has 7 nitrogen and oxygen atoms in total. The number of para-hydroxylation sites is 1. The lowest BCUT2D eigenvalue weighted by molar-refractivity contribution is -0.577. The van der Waals surface area contributed by atoms with Crippen molar-refractivity contribution in [3.8, 4) is 11.6 Å². The lowest BCUT2D eigenvalue weighted by Gasteiger charge is -2.15. The monoisotopic (exact) mass is 444 g/mol. The molecule has 4 rings (SSSR count). The van der Waals surface area contributed by atoms with Gasteiger partial charge in [-0.1, -0.05) is 45.4 Å². The predicted octanol–water partition coefficient (Wildman–Crippen LogP) is 2.90. The number of carbonyl (C=O) groups is 2. The Hall–Kier alpha value is -3.74. The van der Waals surface area contributed by atoms with E-state index >= 15 is 0 Å². The Morgan fingerprint density at radius 2 is 1.73 bits per heavy atom. The average molecular weight is 445 g/mol. The average Bonchev–Trinajstić information content (AvgIpc) is 3.28. The lowest BCUT2D eigenvalue weighted by atomic mass is 10.0. The summed E-state index contributed by atoms with van der Waals surface area (Å²) in [6.45, 7) is 6.23. The molecular weight excluding hydrogens is 416 g/mol. The van der Waals surface area contributed by atoms with Crippen LogP contribution >= 0.6 is 0 Å². The van der Waals surface area contributed by atoms with Crippen LogP contribution in [0.1, 0.15) is 50.4 Å². The molecule has 2 amide bonds. The van der Waals surface area contributed by atoms with Gasteiger partial charge in [0, 0.05) is 23.7 Å². The normalized spacial score (nSPS) is 14.0. The van der Waals surface area contributed by atoms with Crippen LogP contribution in [0.3, 0.4) is 0 Å². The third-order valence-corrected chi connectivity index (χ3v) is 5.77. The number of hydrogen-bond acceptors (Lipinski definition) is 4. The standard InChI is InChI=1S/C26H28N4O3/c1-4-11-20-21(25(32)30(27-20)19-13-8-7-9-14-19)22-23(26(33)29(15-5-2)24(22)31)28-16-10-12-18(6-3)17-28/h7-10,12-14,16-17H,4-6,11,15H2,1-3H3. The molecule has 0 bridgehead atoms. The van der Waals surface area contributed by atoms with Gasteiger partial charge in [0.2, 0.25) is 0 Å². The van der Waals surface area contributed by atoms with Crippen LogP contribution in [0.25, 0.3) is 17.0 Å². The van der Waals surface area contributed by atoms with Crippen LogP contribution in [-0.2, 0) is 22.4 Å². The van der Waals surface area contributed by atoms with Crippen molar-refractivity contribution in [1.82, 2.24) is 14.7 Å². The van der Waals surface area contributed by atoms with Gasteiger partial charge in [0.05, 0.1) is 11.4 Å². The number of amides is 2. The van der Waals surface area contributed by atoms with Gasteiger partial charge in [0.1, 0.15) is 5.57 Å². The molecule has 0 fully saturated rings. The van der Waals surface area contributed by atoms with Crippen LogP contribution in [0, 0.1) is 0 Å². The molecule has 0 spiro atoms. The highest BCUT2D eigenvalue weighted by Gasteiger charge is 2.46. The second-order valence-electron chi connectivity index (χ2n) is 8.08. The fourth-order valence-electron chi connectivity index (χ4n) is 4.18. The highest BCUT2D eigenvalue weighted by atomic mass is 16.3. The molecule has 3 aromatic rings. The number of rotatable bonds is 8. The topological polar surface area (TPSA) is 82.1 Å². The highest BCUT2D eigenvalue weighted by molar-refractivity contribution is 6.44. The number of benzene rings is 1. The fraction of sp³-hybridized carbons (Fsp3) is 0.308. The van der Waals surface area contributed by atoms with Gasteiger partial charge >= 0.3 is 5.91 Å². The molecule has 170 valence electrons. The Morgan fingerprint density at radius 1 is 0.970 bits per heavy atom. The second kappa shape index (κ2) is 9.40. The van der Waals surface area contributed by atoms with Gasteiger partial charge in [0.15, 0.2) is 12.4 Å². The largest absolute Gasteiger partial charge is 0.858 e. The van der Waals surface area contributed by atoms with E-state index in [9.17, 15) is 14.7 Å². The number of aryl methyl sites for hydroxylation is 2. The van der Waals surface area contributed by atoms with Crippen molar-refractivity contribution in [2.75, 3.05) is 6.54 Å². The summed E-state index contributed by atoms with van der Waals surface area (Å²) < 4.78 is 3.01. The SMILES string of the molecule is CCCc1nn(-c2ccccc2)c([O-])c1C1=C([n+]2cccc(CC)c2)C(=O)N(CCC)C1=O. The third kappa shape index (κ3) is 3.95. The van der Waals surface area contributed by atoms with Gasteiger partial charge in [-0.25, -0.2) is 4.68 Å². The minimum absolute atomic E-state index is 0.141. The third-order valence-electron chi connectivity index (χ3n) is 5.77. The summed E-state index contributed by atoms with van der Waals surface area (Å²) >= 11 is 0. The van der Waals surface area contributed by atoms with Crippen LogP contribution < -0.4 is 9.67 Å². The number of imide groups is 1. The van der Waals surface area contributed by atoms with E-state index in [0.29, 0.717) is 30.8 Å².